The van der Waals surface area contributed by atoms with E-state index in [1.165, 1.54) is 173 Å². The van der Waals surface area contributed by atoms with Crippen molar-refractivity contribution in [3.05, 3.63) is 0 Å². The van der Waals surface area contributed by atoms with Crippen molar-refractivity contribution < 1.29 is 28.6 Å². The zero-order valence-corrected chi connectivity index (χ0v) is 41.3. The lowest BCUT2D eigenvalue weighted by molar-refractivity contribution is -0.167. The third-order valence-electron chi connectivity index (χ3n) is 12.5. The summed E-state index contributed by atoms with van der Waals surface area (Å²) in [5.74, 6) is 1.63. The molecule has 0 aliphatic carbocycles. The minimum absolute atomic E-state index is 0.0652. The van der Waals surface area contributed by atoms with Gasteiger partial charge in [-0.05, 0) is 37.0 Å². The summed E-state index contributed by atoms with van der Waals surface area (Å²) in [6, 6.07) is 0. The molecule has 0 saturated heterocycles. The number of rotatable bonds is 47. The van der Waals surface area contributed by atoms with Crippen LogP contribution in [-0.2, 0) is 28.6 Å². The highest BCUT2D eigenvalue weighted by molar-refractivity contribution is 5.71. The Labute approximate surface area is 374 Å². The second-order valence-corrected chi connectivity index (χ2v) is 19.7. The van der Waals surface area contributed by atoms with Crippen molar-refractivity contribution in [3.63, 3.8) is 0 Å². The molecule has 0 bridgehead atoms. The van der Waals surface area contributed by atoms with Gasteiger partial charge in [-0.3, -0.25) is 14.4 Å². The van der Waals surface area contributed by atoms with E-state index in [1.54, 1.807) is 0 Å². The summed E-state index contributed by atoms with van der Waals surface area (Å²) in [5.41, 5.74) is 0. The smallest absolute Gasteiger partial charge is 0.306 e. The van der Waals surface area contributed by atoms with Crippen LogP contribution in [0.1, 0.15) is 292 Å². The molecule has 0 aliphatic rings. The van der Waals surface area contributed by atoms with E-state index in [-0.39, 0.29) is 31.1 Å². The van der Waals surface area contributed by atoms with Crippen LogP contribution in [0.3, 0.4) is 0 Å². The molecule has 0 aromatic carbocycles. The molecule has 0 rings (SSSR count). The zero-order valence-electron chi connectivity index (χ0n) is 41.3. The average molecular weight is 849 g/mol. The molecule has 0 aromatic heterocycles. The Morgan fingerprint density at radius 2 is 0.583 bits per heavy atom. The predicted molar refractivity (Wildman–Crippen MR) is 256 cm³/mol. The number of carbonyl (C=O) groups excluding carboxylic acids is 3. The Bertz CT molecular complexity index is 931. The molecule has 1 unspecified atom stereocenters. The van der Waals surface area contributed by atoms with Crippen molar-refractivity contribution in [2.75, 3.05) is 13.2 Å². The molecule has 0 heterocycles. The molecular formula is C54H104O6. The lowest BCUT2D eigenvalue weighted by Gasteiger charge is -2.18. The standard InChI is InChI=1S/C54H104O6/c1-7-50(6)42-36-30-26-27-33-39-45-54(57)60-51(47-59-53(56)44-38-32-25-21-17-13-12-15-19-23-29-35-41-49(4)5)46-58-52(55)43-37-31-24-20-16-11-9-8-10-14-18-22-28-34-40-48(2)3/h48-51H,7-47H2,1-6H3/t50?,51-/m0/s1. The van der Waals surface area contributed by atoms with Gasteiger partial charge in [0.05, 0.1) is 0 Å². The van der Waals surface area contributed by atoms with Gasteiger partial charge < -0.3 is 14.2 Å². The lowest BCUT2D eigenvalue weighted by Crippen LogP contribution is -2.30. The van der Waals surface area contributed by atoms with Crippen LogP contribution in [0.25, 0.3) is 0 Å². The minimum Gasteiger partial charge on any atom is -0.462 e. The van der Waals surface area contributed by atoms with Crippen LogP contribution in [0.5, 0.6) is 0 Å². The molecule has 0 saturated carbocycles. The second kappa shape index (κ2) is 45.4. The molecule has 356 valence electrons. The van der Waals surface area contributed by atoms with Crippen LogP contribution >= 0.6 is 0 Å². The van der Waals surface area contributed by atoms with E-state index in [0.29, 0.717) is 19.3 Å². The molecule has 0 fully saturated rings. The summed E-state index contributed by atoms with van der Waals surface area (Å²) >= 11 is 0. The van der Waals surface area contributed by atoms with Gasteiger partial charge >= 0.3 is 17.9 Å². The molecular weight excluding hydrogens is 745 g/mol. The number of ether oxygens (including phenoxy) is 3. The van der Waals surface area contributed by atoms with E-state index >= 15 is 0 Å². The van der Waals surface area contributed by atoms with Gasteiger partial charge in [-0.25, -0.2) is 0 Å². The van der Waals surface area contributed by atoms with Crippen LogP contribution in [0.4, 0.5) is 0 Å². The maximum atomic E-state index is 12.8. The number of carbonyl (C=O) groups is 3. The van der Waals surface area contributed by atoms with Crippen LogP contribution in [0.2, 0.25) is 0 Å². The van der Waals surface area contributed by atoms with E-state index in [4.69, 9.17) is 14.2 Å². The van der Waals surface area contributed by atoms with Crippen molar-refractivity contribution in [1.82, 2.24) is 0 Å². The van der Waals surface area contributed by atoms with Crippen molar-refractivity contribution in [2.45, 2.75) is 298 Å². The number of esters is 3. The van der Waals surface area contributed by atoms with Crippen LogP contribution in [0, 0.1) is 17.8 Å². The van der Waals surface area contributed by atoms with Crippen LogP contribution in [0.15, 0.2) is 0 Å². The van der Waals surface area contributed by atoms with E-state index in [0.717, 1.165) is 75.5 Å². The fourth-order valence-corrected chi connectivity index (χ4v) is 8.08. The fourth-order valence-electron chi connectivity index (χ4n) is 8.08. The molecule has 0 radical (unpaired) electrons. The predicted octanol–water partition coefficient (Wildman–Crippen LogP) is 17.2. The molecule has 6 nitrogen and oxygen atoms in total. The summed E-state index contributed by atoms with van der Waals surface area (Å²) in [7, 11) is 0. The highest BCUT2D eigenvalue weighted by Crippen LogP contribution is 2.18. The van der Waals surface area contributed by atoms with Gasteiger partial charge in [0.2, 0.25) is 0 Å². The van der Waals surface area contributed by atoms with Gasteiger partial charge in [-0.1, -0.05) is 253 Å². The molecule has 6 heteroatoms. The van der Waals surface area contributed by atoms with Gasteiger partial charge in [0.15, 0.2) is 6.10 Å². The van der Waals surface area contributed by atoms with Crippen LogP contribution < -0.4 is 0 Å². The first kappa shape index (κ1) is 58.4. The maximum Gasteiger partial charge on any atom is 0.306 e. The number of unbranched alkanes of at least 4 members (excludes halogenated alkanes) is 29. The topological polar surface area (TPSA) is 78.9 Å². The summed E-state index contributed by atoms with van der Waals surface area (Å²) in [4.78, 5) is 38.0. The first-order valence-electron chi connectivity index (χ1n) is 26.6. The third-order valence-corrected chi connectivity index (χ3v) is 12.5. The summed E-state index contributed by atoms with van der Waals surface area (Å²) in [6.07, 6.45) is 45.2. The fraction of sp³-hybridized carbons (Fsp3) is 0.944. The maximum absolute atomic E-state index is 12.8. The van der Waals surface area contributed by atoms with E-state index in [2.05, 4.69) is 41.5 Å². The van der Waals surface area contributed by atoms with Crippen LogP contribution in [-0.4, -0.2) is 37.2 Å². The third kappa shape index (κ3) is 45.9. The first-order valence-corrected chi connectivity index (χ1v) is 26.6. The van der Waals surface area contributed by atoms with Crippen molar-refractivity contribution >= 4 is 17.9 Å². The Morgan fingerprint density at radius 1 is 0.333 bits per heavy atom. The first-order chi connectivity index (χ1) is 29.1. The highest BCUT2D eigenvalue weighted by atomic mass is 16.6. The quantitative estimate of drug-likeness (QED) is 0.0345. The Morgan fingerprint density at radius 3 is 0.867 bits per heavy atom. The minimum atomic E-state index is -0.763. The van der Waals surface area contributed by atoms with Gasteiger partial charge in [-0.2, -0.15) is 0 Å². The zero-order chi connectivity index (χ0) is 44.2. The van der Waals surface area contributed by atoms with Crippen molar-refractivity contribution in [2.24, 2.45) is 17.8 Å². The van der Waals surface area contributed by atoms with Crippen molar-refractivity contribution in [1.29, 1.82) is 0 Å². The van der Waals surface area contributed by atoms with Gasteiger partial charge in [-0.15, -0.1) is 0 Å². The van der Waals surface area contributed by atoms with Crippen molar-refractivity contribution in [3.8, 4) is 0 Å². The molecule has 2 atom stereocenters. The molecule has 0 aromatic rings. The summed E-state index contributed by atoms with van der Waals surface area (Å²) in [5, 5.41) is 0. The number of hydrogen-bond donors (Lipinski definition) is 0. The molecule has 60 heavy (non-hydrogen) atoms. The molecule has 0 aliphatic heterocycles. The average Bonchev–Trinajstić information content (AvgIpc) is 3.22. The lowest BCUT2D eigenvalue weighted by atomic mass is 10.00. The number of hydrogen-bond acceptors (Lipinski definition) is 6. The van der Waals surface area contributed by atoms with Gasteiger partial charge in [0.1, 0.15) is 13.2 Å². The Hall–Kier alpha value is -1.59. The van der Waals surface area contributed by atoms with E-state index in [9.17, 15) is 14.4 Å². The van der Waals surface area contributed by atoms with E-state index < -0.39 is 6.10 Å². The monoisotopic (exact) mass is 849 g/mol. The summed E-state index contributed by atoms with van der Waals surface area (Å²) in [6.45, 7) is 13.7. The largest absolute Gasteiger partial charge is 0.462 e. The summed E-state index contributed by atoms with van der Waals surface area (Å²) < 4.78 is 16.8. The molecule has 0 amide bonds. The van der Waals surface area contributed by atoms with E-state index in [1.807, 2.05) is 0 Å². The van der Waals surface area contributed by atoms with Gasteiger partial charge in [0, 0.05) is 19.3 Å². The molecule has 0 spiro atoms. The normalized spacial score (nSPS) is 12.6. The second-order valence-electron chi connectivity index (χ2n) is 19.7. The molecule has 0 N–H and O–H groups in total. The highest BCUT2D eigenvalue weighted by Gasteiger charge is 2.19. The Kier molecular flexibility index (Phi) is 44.2. The Balaban J connectivity index is 4.26. The SMILES string of the molecule is CCC(C)CCCCCCCCC(=O)O[C@@H](COC(=O)CCCCCCCCCCCCCCCCC(C)C)COC(=O)CCCCCCCCCCCCCCC(C)C. The van der Waals surface area contributed by atoms with Gasteiger partial charge in [0.25, 0.3) is 0 Å².